The van der Waals surface area contributed by atoms with Crippen molar-refractivity contribution in [3.8, 4) is 0 Å². The normalized spacial score (nSPS) is 26.2. The summed E-state index contributed by atoms with van der Waals surface area (Å²) in [4.78, 5) is 46.3. The number of aromatic amines is 1. The molecule has 0 spiro atoms. The second-order valence-corrected chi connectivity index (χ2v) is 6.09. The zero-order valence-corrected chi connectivity index (χ0v) is 14.2. The van der Waals surface area contributed by atoms with Crippen LogP contribution in [-0.4, -0.2) is 45.1 Å². The van der Waals surface area contributed by atoms with E-state index in [1.807, 2.05) is 4.98 Å². The van der Waals surface area contributed by atoms with Crippen LogP contribution in [0.3, 0.4) is 0 Å². The Morgan fingerprint density at radius 2 is 2.04 bits per heavy atom. The highest BCUT2D eigenvalue weighted by molar-refractivity contribution is 9.09. The quantitative estimate of drug-likeness (QED) is 0.542. The molecule has 0 bridgehead atoms. The van der Waals surface area contributed by atoms with E-state index in [4.69, 9.17) is 14.2 Å². The number of carbonyl (C=O) groups is 2. The molecule has 2 heterocycles. The lowest BCUT2D eigenvalue weighted by molar-refractivity contribution is -0.155. The fraction of sp³-hybridized carbons (Fsp3) is 0.538. The Morgan fingerprint density at radius 1 is 1.38 bits per heavy atom. The largest absolute Gasteiger partial charge is 0.463 e. The molecule has 1 aliphatic rings. The summed E-state index contributed by atoms with van der Waals surface area (Å²) in [5, 5.41) is 0. The van der Waals surface area contributed by atoms with Crippen LogP contribution in [0.2, 0.25) is 0 Å². The summed E-state index contributed by atoms with van der Waals surface area (Å²) in [5.41, 5.74) is -2.06. The van der Waals surface area contributed by atoms with E-state index in [0.717, 1.165) is 4.57 Å². The molecule has 0 amide bonds. The smallest absolute Gasteiger partial charge is 0.330 e. The van der Waals surface area contributed by atoms with Crippen molar-refractivity contribution in [1.82, 2.24) is 9.55 Å². The number of alkyl halides is 1. The molecule has 1 aromatic heterocycles. The highest BCUT2D eigenvalue weighted by atomic mass is 79.9. The van der Waals surface area contributed by atoms with Gasteiger partial charge < -0.3 is 14.2 Å². The van der Waals surface area contributed by atoms with Crippen molar-refractivity contribution >= 4 is 27.9 Å². The van der Waals surface area contributed by atoms with Crippen molar-refractivity contribution in [3.63, 3.8) is 0 Å². The summed E-state index contributed by atoms with van der Waals surface area (Å²) < 4.78 is 29.8. The van der Waals surface area contributed by atoms with Crippen LogP contribution >= 0.6 is 15.9 Å². The monoisotopic (exact) mass is 408 g/mol. The topological polar surface area (TPSA) is 117 Å². The number of ether oxygens (including phenoxy) is 3. The first kappa shape index (κ1) is 18.3. The predicted octanol–water partition coefficient (Wildman–Crippen LogP) is -0.169. The number of nitrogens with zero attached hydrogens (tertiary/aromatic N) is 1. The fourth-order valence-corrected chi connectivity index (χ4v) is 3.06. The molecule has 0 saturated carbocycles. The number of H-pyrrole nitrogens is 1. The SMILES string of the molecule is CC(=O)OC[C@H]1O[C@@H](n2cc(F)c(=O)[nH]c2=O)[C@@H](Br)[C@@H]1OC(C)=O. The number of halogens is 2. The van der Waals surface area contributed by atoms with Crippen LogP contribution < -0.4 is 11.2 Å². The number of aromatic nitrogens is 2. The molecule has 1 N–H and O–H groups in total. The highest BCUT2D eigenvalue weighted by Gasteiger charge is 2.47. The van der Waals surface area contributed by atoms with Gasteiger partial charge in [0.2, 0.25) is 5.82 Å². The first-order valence-corrected chi connectivity index (χ1v) is 7.73. The van der Waals surface area contributed by atoms with Crippen molar-refractivity contribution in [2.24, 2.45) is 0 Å². The number of hydrogen-bond donors (Lipinski definition) is 1. The van der Waals surface area contributed by atoms with Crippen molar-refractivity contribution in [3.05, 3.63) is 32.9 Å². The Labute approximate surface area is 142 Å². The average molecular weight is 409 g/mol. The summed E-state index contributed by atoms with van der Waals surface area (Å²) in [6, 6.07) is 0. The van der Waals surface area contributed by atoms with E-state index in [1.54, 1.807) is 0 Å². The van der Waals surface area contributed by atoms with Crippen LogP contribution in [-0.2, 0) is 23.8 Å². The minimum absolute atomic E-state index is 0.230. The van der Waals surface area contributed by atoms with E-state index in [2.05, 4.69) is 15.9 Å². The van der Waals surface area contributed by atoms with Crippen LogP contribution in [0.25, 0.3) is 0 Å². The van der Waals surface area contributed by atoms with Crippen molar-refractivity contribution < 1.29 is 28.2 Å². The van der Waals surface area contributed by atoms with Gasteiger partial charge in [0.05, 0.1) is 11.0 Å². The Balaban J connectivity index is 2.33. The van der Waals surface area contributed by atoms with Crippen LogP contribution in [0.15, 0.2) is 15.8 Å². The second kappa shape index (κ2) is 7.26. The minimum Gasteiger partial charge on any atom is -0.463 e. The summed E-state index contributed by atoms with van der Waals surface area (Å²) in [6.07, 6.45) is -2.17. The van der Waals surface area contributed by atoms with Crippen molar-refractivity contribution in [2.45, 2.75) is 37.1 Å². The van der Waals surface area contributed by atoms with Gasteiger partial charge in [-0.1, -0.05) is 15.9 Å². The van der Waals surface area contributed by atoms with Gasteiger partial charge in [0.1, 0.15) is 18.8 Å². The lowest BCUT2D eigenvalue weighted by Crippen LogP contribution is -2.38. The third kappa shape index (κ3) is 3.90. The fourth-order valence-electron chi connectivity index (χ4n) is 2.23. The maximum Gasteiger partial charge on any atom is 0.330 e. The number of carbonyl (C=O) groups excluding carboxylic acids is 2. The Hall–Kier alpha value is -2.01. The number of hydrogen-bond acceptors (Lipinski definition) is 7. The first-order chi connectivity index (χ1) is 11.2. The Kier molecular flexibility index (Phi) is 5.54. The molecular formula is C13H14BrFN2O7. The molecule has 1 fully saturated rings. The molecule has 4 atom stereocenters. The van der Waals surface area contributed by atoms with Gasteiger partial charge in [-0.25, -0.2) is 4.79 Å². The minimum atomic E-state index is -1.18. The molecule has 0 aromatic carbocycles. The molecule has 0 unspecified atom stereocenters. The van der Waals surface area contributed by atoms with E-state index >= 15 is 0 Å². The summed E-state index contributed by atoms with van der Waals surface area (Å²) in [6.45, 7) is 2.15. The van der Waals surface area contributed by atoms with Crippen LogP contribution in [0, 0.1) is 5.82 Å². The van der Waals surface area contributed by atoms with Crippen molar-refractivity contribution in [1.29, 1.82) is 0 Å². The standard InChI is InChI=1S/C13H14BrFN2O7/c1-5(18)22-4-8-10(23-6(2)19)9(14)12(24-8)17-3-7(15)11(20)16-13(17)21/h3,8-10,12H,4H2,1-2H3,(H,16,20,21)/t8-,9+,10-,12-/m1/s1. The molecule has 1 saturated heterocycles. The van der Waals surface area contributed by atoms with Gasteiger partial charge >= 0.3 is 17.6 Å². The highest BCUT2D eigenvalue weighted by Crippen LogP contribution is 2.36. The van der Waals surface area contributed by atoms with E-state index in [1.165, 1.54) is 13.8 Å². The molecule has 24 heavy (non-hydrogen) atoms. The Bertz CT molecular complexity index is 761. The van der Waals surface area contributed by atoms with Gasteiger partial charge in [-0.05, 0) is 0 Å². The third-order valence-electron chi connectivity index (χ3n) is 3.22. The summed E-state index contributed by atoms with van der Waals surface area (Å²) >= 11 is 3.24. The summed E-state index contributed by atoms with van der Waals surface area (Å²) in [5.74, 6) is -2.35. The van der Waals surface area contributed by atoms with Gasteiger partial charge in [-0.15, -0.1) is 0 Å². The summed E-state index contributed by atoms with van der Waals surface area (Å²) in [7, 11) is 0. The van der Waals surface area contributed by atoms with Crippen molar-refractivity contribution in [2.75, 3.05) is 6.61 Å². The zero-order chi connectivity index (χ0) is 18.0. The lowest BCUT2D eigenvalue weighted by atomic mass is 10.2. The molecule has 0 radical (unpaired) electrons. The van der Waals surface area contributed by atoms with Gasteiger partial charge in [-0.3, -0.25) is 23.9 Å². The van der Waals surface area contributed by atoms with E-state index in [9.17, 15) is 23.6 Å². The molecule has 1 aliphatic heterocycles. The number of rotatable bonds is 4. The molecule has 0 aliphatic carbocycles. The first-order valence-electron chi connectivity index (χ1n) is 6.81. The van der Waals surface area contributed by atoms with Gasteiger partial charge in [0, 0.05) is 13.8 Å². The average Bonchev–Trinajstić information content (AvgIpc) is 2.77. The van der Waals surface area contributed by atoms with Gasteiger partial charge in [0.25, 0.3) is 5.56 Å². The molecule has 2 rings (SSSR count). The molecular weight excluding hydrogens is 395 g/mol. The van der Waals surface area contributed by atoms with Gasteiger partial charge in [-0.2, -0.15) is 4.39 Å². The number of nitrogens with one attached hydrogen (secondary N) is 1. The third-order valence-corrected chi connectivity index (χ3v) is 4.19. The second-order valence-electron chi connectivity index (χ2n) is 5.03. The molecule has 11 heteroatoms. The lowest BCUT2D eigenvalue weighted by Gasteiger charge is -2.19. The van der Waals surface area contributed by atoms with E-state index < -0.39 is 52.3 Å². The zero-order valence-electron chi connectivity index (χ0n) is 12.7. The maximum atomic E-state index is 13.5. The van der Waals surface area contributed by atoms with E-state index in [0.29, 0.717) is 6.20 Å². The maximum absolute atomic E-state index is 13.5. The van der Waals surface area contributed by atoms with Gasteiger partial charge in [0.15, 0.2) is 6.23 Å². The molecule has 132 valence electrons. The van der Waals surface area contributed by atoms with Crippen LogP contribution in [0.1, 0.15) is 20.1 Å². The molecule has 9 nitrogen and oxygen atoms in total. The Morgan fingerprint density at radius 3 is 2.62 bits per heavy atom. The molecule has 1 aromatic rings. The number of esters is 2. The van der Waals surface area contributed by atoms with Crippen LogP contribution in [0.4, 0.5) is 4.39 Å². The van der Waals surface area contributed by atoms with Crippen LogP contribution in [0.5, 0.6) is 0 Å². The predicted molar refractivity (Wildman–Crippen MR) is 80.1 cm³/mol. The van der Waals surface area contributed by atoms with E-state index in [-0.39, 0.29) is 6.61 Å².